The van der Waals surface area contributed by atoms with Gasteiger partial charge in [0.25, 0.3) is 5.56 Å². The molecule has 0 saturated carbocycles. The summed E-state index contributed by atoms with van der Waals surface area (Å²) in [6, 6.07) is 9.47. The van der Waals surface area contributed by atoms with Gasteiger partial charge in [-0.2, -0.15) is 0 Å². The molecule has 0 radical (unpaired) electrons. The molecule has 0 unspecified atom stereocenters. The van der Waals surface area contributed by atoms with Crippen LogP contribution in [0.15, 0.2) is 58.1 Å². The lowest BCUT2D eigenvalue weighted by molar-refractivity contribution is -0.116. The van der Waals surface area contributed by atoms with Gasteiger partial charge in [0.1, 0.15) is 12.1 Å². The number of anilines is 1. The lowest BCUT2D eigenvalue weighted by atomic mass is 10.2. The Balaban J connectivity index is 1.71. The topological polar surface area (TPSA) is 90.5 Å². The van der Waals surface area contributed by atoms with Gasteiger partial charge in [0.05, 0.1) is 24.3 Å². The monoisotopic (exact) mass is 326 g/mol. The molecule has 3 rings (SSSR count). The summed E-state index contributed by atoms with van der Waals surface area (Å²) in [6.45, 7) is -0.126. The molecular formula is C17H14N2O5. The summed E-state index contributed by atoms with van der Waals surface area (Å²) < 4.78 is 11.0. The van der Waals surface area contributed by atoms with Gasteiger partial charge in [0.15, 0.2) is 0 Å². The van der Waals surface area contributed by atoms with E-state index in [2.05, 4.69) is 10.1 Å². The number of benzene rings is 1. The van der Waals surface area contributed by atoms with E-state index in [-0.39, 0.29) is 18.0 Å². The number of carbonyl (C=O) groups excluding carboxylic acids is 2. The normalized spacial score (nSPS) is 10.5. The van der Waals surface area contributed by atoms with E-state index in [0.717, 1.165) is 0 Å². The molecule has 7 heteroatoms. The lowest BCUT2D eigenvalue weighted by Crippen LogP contribution is -2.27. The molecule has 1 amide bonds. The first-order valence-electron chi connectivity index (χ1n) is 7.13. The van der Waals surface area contributed by atoms with Gasteiger partial charge in [-0.3, -0.25) is 9.59 Å². The van der Waals surface area contributed by atoms with Gasteiger partial charge >= 0.3 is 5.97 Å². The molecule has 0 atom stereocenters. The second-order valence-corrected chi connectivity index (χ2v) is 5.06. The lowest BCUT2D eigenvalue weighted by Gasteiger charge is -2.08. The van der Waals surface area contributed by atoms with Crippen molar-refractivity contribution in [1.82, 2.24) is 4.57 Å². The SMILES string of the molecule is COC(=O)c1ccc(NC(=O)Cn2ccc3occc3c2=O)cc1. The van der Waals surface area contributed by atoms with Crippen molar-refractivity contribution >= 4 is 28.5 Å². The molecule has 7 nitrogen and oxygen atoms in total. The number of ether oxygens (including phenoxy) is 1. The van der Waals surface area contributed by atoms with Gasteiger partial charge in [-0.25, -0.2) is 4.79 Å². The third kappa shape index (κ3) is 3.05. The molecule has 3 aromatic rings. The molecular weight excluding hydrogens is 312 g/mol. The number of hydrogen-bond acceptors (Lipinski definition) is 5. The first kappa shape index (κ1) is 15.5. The zero-order chi connectivity index (χ0) is 17.1. The average molecular weight is 326 g/mol. The van der Waals surface area contributed by atoms with Crippen LogP contribution in [0.2, 0.25) is 0 Å². The molecule has 0 bridgehead atoms. The molecule has 0 spiro atoms. The van der Waals surface area contributed by atoms with Crippen LogP contribution in [0.1, 0.15) is 10.4 Å². The van der Waals surface area contributed by atoms with Gasteiger partial charge in [-0.05, 0) is 36.4 Å². The largest absolute Gasteiger partial charge is 0.465 e. The summed E-state index contributed by atoms with van der Waals surface area (Å²) in [6.07, 6.45) is 2.94. The first-order valence-corrected chi connectivity index (χ1v) is 7.13. The van der Waals surface area contributed by atoms with Crippen LogP contribution in [0.3, 0.4) is 0 Å². The molecule has 0 aliphatic rings. The minimum Gasteiger partial charge on any atom is -0.465 e. The van der Waals surface area contributed by atoms with Crippen molar-refractivity contribution in [1.29, 1.82) is 0 Å². The van der Waals surface area contributed by atoms with Crippen molar-refractivity contribution in [2.24, 2.45) is 0 Å². The van der Waals surface area contributed by atoms with Crippen LogP contribution < -0.4 is 10.9 Å². The van der Waals surface area contributed by atoms with E-state index >= 15 is 0 Å². The first-order chi connectivity index (χ1) is 11.6. The Hall–Kier alpha value is -3.35. The Bertz CT molecular complexity index is 953. The van der Waals surface area contributed by atoms with E-state index in [1.54, 1.807) is 36.4 Å². The van der Waals surface area contributed by atoms with Crippen LogP contribution >= 0.6 is 0 Å². The zero-order valence-corrected chi connectivity index (χ0v) is 12.8. The van der Waals surface area contributed by atoms with E-state index in [0.29, 0.717) is 22.2 Å². The van der Waals surface area contributed by atoms with E-state index in [4.69, 9.17) is 4.42 Å². The molecule has 2 aromatic heterocycles. The van der Waals surface area contributed by atoms with Gasteiger partial charge in [-0.1, -0.05) is 0 Å². The molecule has 1 aromatic carbocycles. The molecule has 122 valence electrons. The number of esters is 1. The third-order valence-electron chi connectivity index (χ3n) is 3.50. The van der Waals surface area contributed by atoms with Gasteiger partial charge in [0.2, 0.25) is 5.91 Å². The van der Waals surface area contributed by atoms with Crippen molar-refractivity contribution < 1.29 is 18.7 Å². The Labute approximate surface area is 136 Å². The number of hydrogen-bond donors (Lipinski definition) is 1. The highest BCUT2D eigenvalue weighted by Crippen LogP contribution is 2.12. The number of nitrogens with one attached hydrogen (secondary N) is 1. The number of fused-ring (bicyclic) bond motifs is 1. The summed E-state index contributed by atoms with van der Waals surface area (Å²) in [7, 11) is 1.30. The molecule has 24 heavy (non-hydrogen) atoms. The number of carbonyl (C=O) groups is 2. The quantitative estimate of drug-likeness (QED) is 0.741. The number of methoxy groups -OCH3 is 1. The van der Waals surface area contributed by atoms with Crippen molar-refractivity contribution in [2.45, 2.75) is 6.54 Å². The molecule has 2 heterocycles. The number of furan rings is 1. The van der Waals surface area contributed by atoms with Crippen LogP contribution in [0.25, 0.3) is 11.0 Å². The van der Waals surface area contributed by atoms with Crippen molar-refractivity contribution in [3.8, 4) is 0 Å². The summed E-state index contributed by atoms with van der Waals surface area (Å²) in [4.78, 5) is 35.7. The Morgan fingerprint density at radius 3 is 2.62 bits per heavy atom. The van der Waals surface area contributed by atoms with Crippen molar-refractivity contribution in [3.63, 3.8) is 0 Å². The van der Waals surface area contributed by atoms with E-state index < -0.39 is 5.97 Å². The third-order valence-corrected chi connectivity index (χ3v) is 3.50. The molecule has 0 aliphatic carbocycles. The second kappa shape index (κ2) is 6.41. The predicted octanol–water partition coefficient (Wildman–Crippen LogP) is 2.02. The van der Waals surface area contributed by atoms with Crippen molar-refractivity contribution in [3.05, 3.63) is 64.8 Å². The highest BCUT2D eigenvalue weighted by atomic mass is 16.5. The minimum absolute atomic E-state index is 0.126. The number of amides is 1. The molecule has 0 fully saturated rings. The summed E-state index contributed by atoms with van der Waals surface area (Å²) in [5.41, 5.74) is 1.09. The fourth-order valence-electron chi connectivity index (χ4n) is 2.29. The van der Waals surface area contributed by atoms with Gasteiger partial charge in [-0.15, -0.1) is 0 Å². The van der Waals surface area contributed by atoms with Crippen LogP contribution in [0, 0.1) is 0 Å². The van der Waals surface area contributed by atoms with E-state index in [1.807, 2.05) is 0 Å². The zero-order valence-electron chi connectivity index (χ0n) is 12.8. The van der Waals surface area contributed by atoms with Crippen LogP contribution in [0.4, 0.5) is 5.69 Å². The van der Waals surface area contributed by atoms with E-state index in [1.165, 1.54) is 24.1 Å². The average Bonchev–Trinajstić information content (AvgIpc) is 3.07. The summed E-state index contributed by atoms with van der Waals surface area (Å²) in [5, 5.41) is 3.09. The maximum absolute atomic E-state index is 12.2. The number of nitrogens with zero attached hydrogens (tertiary/aromatic N) is 1. The fraction of sp³-hybridized carbons (Fsp3) is 0.118. The van der Waals surface area contributed by atoms with E-state index in [9.17, 15) is 14.4 Å². The highest BCUT2D eigenvalue weighted by Gasteiger charge is 2.10. The maximum atomic E-state index is 12.2. The smallest absolute Gasteiger partial charge is 0.337 e. The number of pyridine rings is 1. The number of rotatable bonds is 4. The second-order valence-electron chi connectivity index (χ2n) is 5.06. The Kier molecular flexibility index (Phi) is 4.15. The molecule has 0 saturated heterocycles. The van der Waals surface area contributed by atoms with Crippen LogP contribution in [-0.2, 0) is 16.1 Å². The molecule has 0 aliphatic heterocycles. The Morgan fingerprint density at radius 2 is 1.92 bits per heavy atom. The van der Waals surface area contributed by atoms with Crippen molar-refractivity contribution in [2.75, 3.05) is 12.4 Å². The fourth-order valence-corrected chi connectivity index (χ4v) is 2.29. The van der Waals surface area contributed by atoms with Gasteiger partial charge < -0.3 is 19.0 Å². The number of aromatic nitrogens is 1. The molecule has 1 N–H and O–H groups in total. The predicted molar refractivity (Wildman–Crippen MR) is 86.9 cm³/mol. The maximum Gasteiger partial charge on any atom is 0.337 e. The van der Waals surface area contributed by atoms with Crippen LogP contribution in [0.5, 0.6) is 0 Å². The highest BCUT2D eigenvalue weighted by molar-refractivity contribution is 5.93. The standard InChI is InChI=1S/C17H14N2O5/c1-23-17(22)11-2-4-12(5-3-11)18-15(20)10-19-8-6-14-13(16(19)21)7-9-24-14/h2-9H,10H2,1H3,(H,18,20). The van der Waals surface area contributed by atoms with Crippen LogP contribution in [-0.4, -0.2) is 23.6 Å². The Morgan fingerprint density at radius 1 is 1.17 bits per heavy atom. The summed E-state index contributed by atoms with van der Waals surface area (Å²) >= 11 is 0. The minimum atomic E-state index is -0.451. The summed E-state index contributed by atoms with van der Waals surface area (Å²) in [5.74, 6) is -0.807. The van der Waals surface area contributed by atoms with Gasteiger partial charge in [0, 0.05) is 11.9 Å².